The maximum atomic E-state index is 13.0. The summed E-state index contributed by atoms with van der Waals surface area (Å²) < 4.78 is 68.2. The van der Waals surface area contributed by atoms with Crippen LogP contribution in [-0.2, 0) is 65.4 Å². The topological polar surface area (TPSA) is 237 Å². The van der Waals surface area contributed by atoms with Gasteiger partial charge in [0.25, 0.3) is 0 Å². The third-order valence-corrected chi connectivity index (χ3v) is 17.5. The number of esters is 4. The highest BCUT2D eigenvalue weighted by molar-refractivity contribution is 7.47. The number of unbranched alkanes of at least 4 members (excludes halogenated alkanes) is 31. The number of ether oxygens (including phenoxy) is 4. The summed E-state index contributed by atoms with van der Waals surface area (Å²) >= 11 is 0. The van der Waals surface area contributed by atoms with E-state index in [4.69, 9.17) is 37.0 Å². The summed E-state index contributed by atoms with van der Waals surface area (Å²) in [5.74, 6) is 0.790. The molecule has 0 aromatic rings. The van der Waals surface area contributed by atoms with Crippen LogP contribution in [0.4, 0.5) is 0 Å². The Labute approximate surface area is 530 Å². The molecule has 0 aliphatic carbocycles. The molecule has 3 unspecified atom stereocenters. The van der Waals surface area contributed by atoms with Gasteiger partial charge in [-0.15, -0.1) is 0 Å². The fourth-order valence-electron chi connectivity index (χ4n) is 10.1. The van der Waals surface area contributed by atoms with Gasteiger partial charge < -0.3 is 33.8 Å². The lowest BCUT2D eigenvalue weighted by atomic mass is 10.0. The molecule has 19 heteroatoms. The number of aliphatic hydroxyl groups is 1. The summed E-state index contributed by atoms with van der Waals surface area (Å²) in [5.41, 5.74) is 0. The van der Waals surface area contributed by atoms with Crippen molar-refractivity contribution in [2.45, 2.75) is 350 Å². The molecular weight excluding hydrogens is 1150 g/mol. The highest BCUT2D eigenvalue weighted by Crippen LogP contribution is 2.45. The number of rotatable bonds is 65. The van der Waals surface area contributed by atoms with E-state index in [1.165, 1.54) is 135 Å². The zero-order valence-corrected chi connectivity index (χ0v) is 58.4. The quantitative estimate of drug-likeness (QED) is 0.0222. The van der Waals surface area contributed by atoms with Crippen molar-refractivity contribution in [2.24, 2.45) is 23.7 Å². The van der Waals surface area contributed by atoms with E-state index in [2.05, 4.69) is 55.4 Å². The Morgan fingerprint density at radius 3 is 0.713 bits per heavy atom. The summed E-state index contributed by atoms with van der Waals surface area (Å²) in [6.45, 7) is 14.0. The molecule has 87 heavy (non-hydrogen) atoms. The molecule has 3 N–H and O–H groups in total. The van der Waals surface area contributed by atoms with Gasteiger partial charge in [0.05, 0.1) is 26.4 Å². The van der Waals surface area contributed by atoms with E-state index in [0.29, 0.717) is 31.6 Å². The van der Waals surface area contributed by atoms with Crippen molar-refractivity contribution in [1.82, 2.24) is 0 Å². The normalized spacial score (nSPS) is 14.3. The van der Waals surface area contributed by atoms with Crippen LogP contribution in [0.15, 0.2) is 0 Å². The molecule has 0 aromatic heterocycles. The Balaban J connectivity index is 5.25. The highest BCUT2D eigenvalue weighted by Gasteiger charge is 2.30. The Kier molecular flexibility index (Phi) is 56.6. The van der Waals surface area contributed by atoms with Crippen molar-refractivity contribution < 1.29 is 80.2 Å². The van der Waals surface area contributed by atoms with Gasteiger partial charge >= 0.3 is 39.5 Å². The van der Waals surface area contributed by atoms with Crippen LogP contribution < -0.4 is 0 Å². The van der Waals surface area contributed by atoms with Gasteiger partial charge in [0, 0.05) is 25.7 Å². The predicted molar refractivity (Wildman–Crippen MR) is 349 cm³/mol. The molecule has 0 aliphatic heterocycles. The van der Waals surface area contributed by atoms with Crippen LogP contribution in [0.3, 0.4) is 0 Å². The number of phosphoric ester groups is 2. The maximum Gasteiger partial charge on any atom is 0.472 e. The second kappa shape index (κ2) is 57.9. The second-order valence-electron chi connectivity index (χ2n) is 26.5. The summed E-state index contributed by atoms with van der Waals surface area (Å²) in [7, 11) is -9.90. The predicted octanol–water partition coefficient (Wildman–Crippen LogP) is 18.9. The zero-order valence-electron chi connectivity index (χ0n) is 56.6. The molecule has 0 fully saturated rings. The smallest absolute Gasteiger partial charge is 0.462 e. The molecule has 0 bridgehead atoms. The Hall–Kier alpha value is -1.94. The molecule has 0 saturated heterocycles. The van der Waals surface area contributed by atoms with Crippen molar-refractivity contribution in [3.8, 4) is 0 Å². The standard InChI is InChI=1S/C68H132O17P2/c1-58(2)44-36-28-20-13-11-9-10-12-14-26-34-42-50-67(72)84-63(54-78-65(70)48-40-32-24-17-15-21-29-37-45-59(3)4)56-82-86(74,75)80-52-62(69)53-81-87(76,77)83-57-64(85-68(73)51-43-35-27-19-23-31-39-47-61(7)8)55-79-66(71)49-41-33-25-18-16-22-30-38-46-60(5)6/h58-64,69H,9-57H2,1-8H3,(H,74,75)(H,76,77)/t62?,63-,64-/m1/s1. The van der Waals surface area contributed by atoms with Gasteiger partial charge in [-0.25, -0.2) is 9.13 Å². The molecular formula is C68H132O17P2. The third-order valence-electron chi connectivity index (χ3n) is 15.6. The minimum atomic E-state index is -4.95. The van der Waals surface area contributed by atoms with Gasteiger partial charge in [0.15, 0.2) is 12.2 Å². The second-order valence-corrected chi connectivity index (χ2v) is 29.4. The van der Waals surface area contributed by atoms with Crippen LogP contribution in [-0.4, -0.2) is 96.7 Å². The number of phosphoric acid groups is 2. The van der Waals surface area contributed by atoms with Crippen LogP contribution in [0.5, 0.6) is 0 Å². The molecule has 0 aliphatic rings. The van der Waals surface area contributed by atoms with E-state index in [-0.39, 0.29) is 25.7 Å². The summed E-state index contributed by atoms with van der Waals surface area (Å²) in [4.78, 5) is 72.4. The number of aliphatic hydroxyl groups excluding tert-OH is 1. The largest absolute Gasteiger partial charge is 0.472 e. The molecule has 516 valence electrons. The summed E-state index contributed by atoms with van der Waals surface area (Å²) in [5, 5.41) is 10.6. The van der Waals surface area contributed by atoms with E-state index < -0.39 is 97.5 Å². The van der Waals surface area contributed by atoms with Crippen molar-refractivity contribution in [1.29, 1.82) is 0 Å². The monoisotopic (exact) mass is 1280 g/mol. The van der Waals surface area contributed by atoms with E-state index >= 15 is 0 Å². The van der Waals surface area contributed by atoms with E-state index in [1.807, 2.05) is 0 Å². The first-order valence-corrected chi connectivity index (χ1v) is 38.2. The number of carbonyl (C=O) groups excluding carboxylic acids is 4. The van der Waals surface area contributed by atoms with Crippen LogP contribution in [0, 0.1) is 23.7 Å². The third kappa shape index (κ3) is 62.6. The highest BCUT2D eigenvalue weighted by atomic mass is 31.2. The van der Waals surface area contributed by atoms with Crippen LogP contribution in [0.25, 0.3) is 0 Å². The van der Waals surface area contributed by atoms with E-state index in [9.17, 15) is 43.2 Å². The summed E-state index contributed by atoms with van der Waals surface area (Å²) in [6.07, 6.45) is 39.1. The van der Waals surface area contributed by atoms with Crippen molar-refractivity contribution >= 4 is 39.5 Å². The minimum absolute atomic E-state index is 0.102. The first kappa shape index (κ1) is 85.1. The van der Waals surface area contributed by atoms with Crippen molar-refractivity contribution in [3.63, 3.8) is 0 Å². The Bertz CT molecular complexity index is 1730. The van der Waals surface area contributed by atoms with Crippen LogP contribution >= 0.6 is 15.6 Å². The summed E-state index contributed by atoms with van der Waals surface area (Å²) in [6, 6.07) is 0. The lowest BCUT2D eigenvalue weighted by Gasteiger charge is -2.21. The lowest BCUT2D eigenvalue weighted by Crippen LogP contribution is -2.30. The van der Waals surface area contributed by atoms with Gasteiger partial charge in [0.2, 0.25) is 0 Å². The van der Waals surface area contributed by atoms with E-state index in [0.717, 1.165) is 108 Å². The van der Waals surface area contributed by atoms with E-state index in [1.54, 1.807) is 0 Å². The van der Waals surface area contributed by atoms with Crippen molar-refractivity contribution in [2.75, 3.05) is 39.6 Å². The van der Waals surface area contributed by atoms with Gasteiger partial charge in [-0.2, -0.15) is 0 Å². The number of hydrogen-bond acceptors (Lipinski definition) is 15. The molecule has 0 aromatic carbocycles. The molecule has 0 saturated carbocycles. The first-order valence-electron chi connectivity index (χ1n) is 35.2. The van der Waals surface area contributed by atoms with Gasteiger partial charge in [-0.1, -0.05) is 280 Å². The fourth-order valence-corrected chi connectivity index (χ4v) is 11.7. The number of hydrogen-bond donors (Lipinski definition) is 3. The maximum absolute atomic E-state index is 13.0. The lowest BCUT2D eigenvalue weighted by molar-refractivity contribution is -0.161. The molecule has 0 radical (unpaired) electrons. The minimum Gasteiger partial charge on any atom is -0.462 e. The van der Waals surface area contributed by atoms with Crippen molar-refractivity contribution in [3.05, 3.63) is 0 Å². The fraction of sp³-hybridized carbons (Fsp3) is 0.941. The van der Waals surface area contributed by atoms with Crippen LogP contribution in [0.1, 0.15) is 331 Å². The Morgan fingerprint density at radius 1 is 0.287 bits per heavy atom. The average molecular weight is 1280 g/mol. The molecule has 5 atom stereocenters. The average Bonchev–Trinajstić information content (AvgIpc) is 3.60. The Morgan fingerprint density at radius 2 is 0.483 bits per heavy atom. The molecule has 0 rings (SSSR count). The van der Waals surface area contributed by atoms with Gasteiger partial charge in [-0.3, -0.25) is 37.3 Å². The number of carbonyl (C=O) groups is 4. The molecule has 0 amide bonds. The first-order chi connectivity index (χ1) is 41.6. The van der Waals surface area contributed by atoms with Crippen LogP contribution in [0.2, 0.25) is 0 Å². The molecule has 0 spiro atoms. The van der Waals surface area contributed by atoms with Gasteiger partial charge in [0.1, 0.15) is 19.3 Å². The molecule has 0 heterocycles. The van der Waals surface area contributed by atoms with Gasteiger partial charge in [-0.05, 0) is 49.4 Å². The molecule has 17 nitrogen and oxygen atoms in total. The zero-order chi connectivity index (χ0) is 64.7. The SMILES string of the molecule is CC(C)CCCCCCCCCCCCCCC(=O)O[C@H](COC(=O)CCCCCCCCCCC(C)C)COP(=O)(O)OCC(O)COP(=O)(O)OC[C@@H](COC(=O)CCCCCCCCCCC(C)C)OC(=O)CCCCCCCCCC(C)C.